The lowest BCUT2D eigenvalue weighted by Crippen LogP contribution is -2.25. The van der Waals surface area contributed by atoms with Crippen LogP contribution >= 0.6 is 0 Å². The van der Waals surface area contributed by atoms with Crippen LogP contribution in [-0.4, -0.2) is 0 Å². The molecular weight excluding hydrogens is 288 g/mol. The van der Waals surface area contributed by atoms with Crippen molar-refractivity contribution in [1.29, 1.82) is 0 Å². The summed E-state index contributed by atoms with van der Waals surface area (Å²) >= 11 is 0. The Balaban J connectivity index is 2.95. The van der Waals surface area contributed by atoms with Gasteiger partial charge in [-0.2, -0.15) is 0 Å². The largest absolute Gasteiger partial charge is 0.0912 e. The summed E-state index contributed by atoms with van der Waals surface area (Å²) in [4.78, 5) is 0. The van der Waals surface area contributed by atoms with Crippen LogP contribution in [0.3, 0.4) is 0 Å². The van der Waals surface area contributed by atoms with E-state index in [0.29, 0.717) is 0 Å². The third-order valence-electron chi connectivity index (χ3n) is 6.09. The van der Waals surface area contributed by atoms with Gasteiger partial charge in [-0.3, -0.25) is 0 Å². The minimum atomic E-state index is 1.17. The van der Waals surface area contributed by atoms with E-state index in [4.69, 9.17) is 0 Å². The van der Waals surface area contributed by atoms with Crippen LogP contribution < -0.4 is 20.9 Å². The fraction of sp³-hybridized carbons (Fsp3) is 0.333. The van der Waals surface area contributed by atoms with Gasteiger partial charge in [-0.25, -0.2) is 0 Å². The zero-order valence-corrected chi connectivity index (χ0v) is 16.6. The van der Waals surface area contributed by atoms with Crippen LogP contribution in [0.2, 0.25) is 0 Å². The quantitative estimate of drug-likeness (QED) is 0.757. The highest BCUT2D eigenvalue weighted by Crippen LogP contribution is 2.05. The number of hydrogen-bond acceptors (Lipinski definition) is 0. The maximum atomic E-state index is 4.23. The molecule has 0 saturated heterocycles. The summed E-state index contributed by atoms with van der Waals surface area (Å²) in [7, 11) is 0. The summed E-state index contributed by atoms with van der Waals surface area (Å²) in [5.41, 5.74) is 10.5. The lowest BCUT2D eigenvalue weighted by Gasteiger charge is -2.11. The van der Waals surface area contributed by atoms with Crippen LogP contribution in [-0.2, 0) is 0 Å². The Morgan fingerprint density at radius 3 is 0.833 bits per heavy atom. The van der Waals surface area contributed by atoms with Crippen molar-refractivity contribution in [2.75, 3.05) is 0 Å². The average molecular weight is 319 g/mol. The molecule has 0 spiro atoms. The second-order valence-corrected chi connectivity index (χ2v) is 7.12. The average Bonchev–Trinajstić information content (AvgIpc) is 2.57. The maximum Gasteiger partial charge on any atom is -0.0192 e. The van der Waals surface area contributed by atoms with Gasteiger partial charge in [0.2, 0.25) is 0 Å². The van der Waals surface area contributed by atoms with Crippen molar-refractivity contribution in [1.82, 2.24) is 0 Å². The van der Waals surface area contributed by atoms with E-state index < -0.39 is 0 Å². The first kappa shape index (κ1) is 18.3. The van der Waals surface area contributed by atoms with Crippen molar-refractivity contribution in [3.05, 3.63) is 65.4 Å². The van der Waals surface area contributed by atoms with Gasteiger partial charge in [0.25, 0.3) is 0 Å². The molecule has 0 heterocycles. The monoisotopic (exact) mass is 318 g/mol. The van der Waals surface area contributed by atoms with E-state index in [1.165, 1.54) is 65.4 Å². The minimum absolute atomic E-state index is 1.17. The zero-order valence-electron chi connectivity index (χ0n) is 16.6. The van der Waals surface area contributed by atoms with Crippen molar-refractivity contribution in [3.8, 4) is 0 Å². The highest BCUT2D eigenvalue weighted by Gasteiger charge is 2.06. The van der Waals surface area contributed by atoms with Crippen LogP contribution in [0, 0.1) is 55.4 Å². The van der Waals surface area contributed by atoms with Gasteiger partial charge in [0.05, 0.1) is 0 Å². The van der Waals surface area contributed by atoms with E-state index in [0.717, 1.165) is 0 Å². The molecule has 0 aliphatic rings. The lowest BCUT2D eigenvalue weighted by molar-refractivity contribution is 1.17. The Labute approximate surface area is 146 Å². The Hall–Kier alpha value is -2.08. The first-order valence-corrected chi connectivity index (χ1v) is 8.62. The second-order valence-electron chi connectivity index (χ2n) is 7.12. The minimum Gasteiger partial charge on any atom is -0.0912 e. The van der Waals surface area contributed by atoms with Gasteiger partial charge >= 0.3 is 0 Å². The molecule has 0 atom stereocenters. The fourth-order valence-corrected chi connectivity index (χ4v) is 3.51. The molecule has 0 radical (unpaired) electrons. The molecule has 0 N–H and O–H groups in total. The lowest BCUT2D eigenvalue weighted by atomic mass is 9.94. The molecule has 0 aliphatic carbocycles. The van der Waals surface area contributed by atoms with Crippen molar-refractivity contribution < 1.29 is 0 Å². The smallest absolute Gasteiger partial charge is 0.0192 e. The first-order chi connectivity index (χ1) is 11.1. The molecule has 0 aliphatic heterocycles. The van der Waals surface area contributed by atoms with Crippen LogP contribution in [0.15, 0.2) is 0 Å². The molecule has 24 heavy (non-hydrogen) atoms. The molecule has 0 heteroatoms. The van der Waals surface area contributed by atoms with E-state index in [9.17, 15) is 0 Å². The molecule has 2 rings (SSSR count). The van der Waals surface area contributed by atoms with Gasteiger partial charge in [-0.1, -0.05) is 25.3 Å². The third-order valence-corrected chi connectivity index (χ3v) is 6.09. The Kier molecular flexibility index (Phi) is 4.90. The van der Waals surface area contributed by atoms with Crippen molar-refractivity contribution in [2.24, 2.45) is 0 Å². The second kappa shape index (κ2) is 6.43. The molecule has 0 aromatic heterocycles. The normalized spacial score (nSPS) is 10.8. The van der Waals surface area contributed by atoms with E-state index in [2.05, 4.69) is 80.7 Å². The topological polar surface area (TPSA) is 0 Å². The number of benzene rings is 2. The summed E-state index contributed by atoms with van der Waals surface area (Å²) in [5.74, 6) is 0. The third kappa shape index (κ3) is 2.75. The Morgan fingerprint density at radius 1 is 0.417 bits per heavy atom. The molecule has 0 amide bonds. The van der Waals surface area contributed by atoms with Crippen LogP contribution in [0.1, 0.15) is 44.5 Å². The van der Waals surface area contributed by atoms with Gasteiger partial charge in [-0.05, 0) is 121 Å². The Bertz CT molecular complexity index is 890. The molecular formula is C24H30. The standard InChI is InChI=1S/C24H30/c1-13-15(3)19(7)23(20(8)16(13)4)11-12-24-21(9)17(5)14(2)18(6)22(24)10/h11-12H,1-2H2,3-10H3. The van der Waals surface area contributed by atoms with Crippen molar-refractivity contribution in [3.63, 3.8) is 0 Å². The summed E-state index contributed by atoms with van der Waals surface area (Å²) in [6, 6.07) is 0. The van der Waals surface area contributed by atoms with Crippen LogP contribution in [0.5, 0.6) is 0 Å². The summed E-state index contributed by atoms with van der Waals surface area (Å²) in [5, 5.41) is 4.99. The number of hydrogen-bond donors (Lipinski definition) is 0. The van der Waals surface area contributed by atoms with Crippen molar-refractivity contribution >= 4 is 25.3 Å². The predicted molar refractivity (Wildman–Crippen MR) is 109 cm³/mol. The highest BCUT2D eigenvalue weighted by atomic mass is 14.1. The molecule has 0 saturated carbocycles. The van der Waals surface area contributed by atoms with Gasteiger partial charge in [0.15, 0.2) is 0 Å². The maximum absolute atomic E-state index is 4.23. The summed E-state index contributed by atoms with van der Waals surface area (Å²) < 4.78 is 0. The van der Waals surface area contributed by atoms with E-state index in [1.54, 1.807) is 0 Å². The molecule has 0 bridgehead atoms. The number of rotatable bonds is 1. The Morgan fingerprint density at radius 2 is 0.625 bits per heavy atom. The van der Waals surface area contributed by atoms with E-state index >= 15 is 0 Å². The van der Waals surface area contributed by atoms with Crippen molar-refractivity contribution in [2.45, 2.75) is 55.4 Å². The molecule has 0 nitrogen and oxygen atoms in total. The van der Waals surface area contributed by atoms with Gasteiger partial charge in [0, 0.05) is 0 Å². The molecule has 126 valence electrons. The zero-order chi connectivity index (χ0) is 18.3. The van der Waals surface area contributed by atoms with Crippen LogP contribution in [0.4, 0.5) is 0 Å². The molecule has 0 fully saturated rings. The first-order valence-electron chi connectivity index (χ1n) is 8.62. The van der Waals surface area contributed by atoms with Crippen LogP contribution in [0.25, 0.3) is 25.3 Å². The predicted octanol–water partition coefficient (Wildman–Crippen LogP) is 3.24. The molecule has 2 aromatic rings. The van der Waals surface area contributed by atoms with E-state index in [-0.39, 0.29) is 0 Å². The van der Waals surface area contributed by atoms with Gasteiger partial charge in [-0.15, -0.1) is 0 Å². The SMILES string of the molecule is C=c1c(C)c(C)c(=CC=c2c(C)c(C)c(=C)c(C)c2C)c(C)c1C. The molecule has 0 unspecified atom stereocenters. The summed E-state index contributed by atoms with van der Waals surface area (Å²) in [6.45, 7) is 25.9. The van der Waals surface area contributed by atoms with Gasteiger partial charge in [0.1, 0.15) is 0 Å². The summed E-state index contributed by atoms with van der Waals surface area (Å²) in [6.07, 6.45) is 4.56. The van der Waals surface area contributed by atoms with Gasteiger partial charge < -0.3 is 0 Å². The van der Waals surface area contributed by atoms with E-state index in [1.807, 2.05) is 0 Å². The molecule has 2 aromatic carbocycles. The fourth-order valence-electron chi connectivity index (χ4n) is 3.51. The highest BCUT2D eigenvalue weighted by molar-refractivity contribution is 5.66.